The van der Waals surface area contributed by atoms with Crippen LogP contribution in [0.2, 0.25) is 0 Å². The SMILES string of the molecule is CCOC(=O)c1cn(Cc2ccc(CO)cc2)nc1C(F)(F)F. The normalized spacial score (nSPS) is 11.5. The number of aromatic nitrogens is 2. The third-order valence-electron chi connectivity index (χ3n) is 3.08. The van der Waals surface area contributed by atoms with Crippen LogP contribution in [0.25, 0.3) is 0 Å². The van der Waals surface area contributed by atoms with Gasteiger partial charge in [-0.15, -0.1) is 0 Å². The molecule has 23 heavy (non-hydrogen) atoms. The summed E-state index contributed by atoms with van der Waals surface area (Å²) in [5, 5.41) is 12.4. The van der Waals surface area contributed by atoms with Crippen molar-refractivity contribution < 1.29 is 27.8 Å². The molecule has 0 spiro atoms. The van der Waals surface area contributed by atoms with Crippen molar-refractivity contribution in [2.24, 2.45) is 0 Å². The van der Waals surface area contributed by atoms with E-state index in [1.54, 1.807) is 24.3 Å². The Kier molecular flexibility index (Phi) is 5.05. The van der Waals surface area contributed by atoms with Gasteiger partial charge < -0.3 is 9.84 Å². The lowest BCUT2D eigenvalue weighted by atomic mass is 10.1. The number of alkyl halides is 3. The van der Waals surface area contributed by atoms with Gasteiger partial charge >= 0.3 is 12.1 Å². The smallest absolute Gasteiger partial charge is 0.436 e. The van der Waals surface area contributed by atoms with E-state index < -0.39 is 23.4 Å². The van der Waals surface area contributed by atoms with E-state index in [2.05, 4.69) is 9.84 Å². The lowest BCUT2D eigenvalue weighted by Gasteiger charge is -2.05. The highest BCUT2D eigenvalue weighted by atomic mass is 19.4. The van der Waals surface area contributed by atoms with Crippen LogP contribution < -0.4 is 0 Å². The molecule has 0 aliphatic rings. The molecule has 2 aromatic rings. The van der Waals surface area contributed by atoms with E-state index in [-0.39, 0.29) is 19.8 Å². The topological polar surface area (TPSA) is 64.3 Å². The molecule has 1 heterocycles. The minimum absolute atomic E-state index is 0.0239. The van der Waals surface area contributed by atoms with Crippen molar-refractivity contribution in [1.82, 2.24) is 9.78 Å². The van der Waals surface area contributed by atoms with Crippen molar-refractivity contribution in [3.05, 3.63) is 52.8 Å². The number of hydrogen-bond donors (Lipinski definition) is 1. The molecule has 0 amide bonds. The van der Waals surface area contributed by atoms with E-state index >= 15 is 0 Å². The molecule has 1 N–H and O–H groups in total. The highest BCUT2D eigenvalue weighted by molar-refractivity contribution is 5.90. The van der Waals surface area contributed by atoms with Crippen LogP contribution >= 0.6 is 0 Å². The number of hydrogen-bond acceptors (Lipinski definition) is 4. The molecule has 0 aliphatic carbocycles. The minimum atomic E-state index is -4.74. The van der Waals surface area contributed by atoms with Crippen LogP contribution in [-0.4, -0.2) is 27.5 Å². The average Bonchev–Trinajstić information content (AvgIpc) is 2.92. The predicted octanol–water partition coefficient (Wildman–Crippen LogP) is 2.62. The molecule has 0 aliphatic heterocycles. The third-order valence-corrected chi connectivity index (χ3v) is 3.08. The molecule has 0 saturated carbocycles. The van der Waals surface area contributed by atoms with Gasteiger partial charge in [0.05, 0.1) is 19.8 Å². The second-order valence-corrected chi connectivity index (χ2v) is 4.78. The van der Waals surface area contributed by atoms with Gasteiger partial charge in [-0.05, 0) is 18.1 Å². The summed E-state index contributed by atoms with van der Waals surface area (Å²) in [5.41, 5.74) is -0.486. The first-order valence-corrected chi connectivity index (χ1v) is 6.85. The second kappa shape index (κ2) is 6.82. The van der Waals surface area contributed by atoms with E-state index in [0.29, 0.717) is 11.1 Å². The van der Waals surface area contributed by atoms with Crippen LogP contribution in [0.15, 0.2) is 30.5 Å². The van der Waals surface area contributed by atoms with Crippen LogP contribution in [0, 0.1) is 0 Å². The van der Waals surface area contributed by atoms with E-state index in [1.807, 2.05) is 0 Å². The number of carbonyl (C=O) groups is 1. The lowest BCUT2D eigenvalue weighted by molar-refractivity contribution is -0.142. The minimum Gasteiger partial charge on any atom is -0.462 e. The summed E-state index contributed by atoms with van der Waals surface area (Å²) in [6, 6.07) is 6.67. The number of halogens is 3. The van der Waals surface area contributed by atoms with E-state index in [4.69, 9.17) is 5.11 Å². The number of ether oxygens (including phenoxy) is 1. The predicted molar refractivity (Wildman–Crippen MR) is 74.7 cm³/mol. The fourth-order valence-corrected chi connectivity index (χ4v) is 2.01. The largest absolute Gasteiger partial charge is 0.462 e. The van der Waals surface area contributed by atoms with Gasteiger partial charge in [0.1, 0.15) is 5.56 Å². The quantitative estimate of drug-likeness (QED) is 0.857. The third kappa shape index (κ3) is 4.10. The fraction of sp³-hybridized carbons (Fsp3) is 0.333. The number of carbonyl (C=O) groups excluding carboxylic acids is 1. The molecule has 1 aromatic heterocycles. The summed E-state index contributed by atoms with van der Waals surface area (Å²) in [6.45, 7) is 1.43. The zero-order valence-corrected chi connectivity index (χ0v) is 12.3. The van der Waals surface area contributed by atoms with Gasteiger partial charge in [-0.1, -0.05) is 24.3 Å². The number of esters is 1. The number of nitrogens with zero attached hydrogens (tertiary/aromatic N) is 2. The summed E-state index contributed by atoms with van der Waals surface area (Å²) in [7, 11) is 0. The zero-order chi connectivity index (χ0) is 17.0. The van der Waals surface area contributed by atoms with Gasteiger partial charge in [-0.3, -0.25) is 4.68 Å². The standard InChI is InChI=1S/C15H15F3N2O3/c1-2-23-14(22)12-8-20(19-13(12)15(16,17)18)7-10-3-5-11(9-21)6-4-10/h3-6,8,21H,2,7,9H2,1H3. The summed E-state index contributed by atoms with van der Waals surface area (Å²) >= 11 is 0. The molecule has 0 atom stereocenters. The van der Waals surface area contributed by atoms with Crippen LogP contribution in [0.3, 0.4) is 0 Å². The Bertz CT molecular complexity index is 678. The van der Waals surface area contributed by atoms with Crippen molar-refractivity contribution >= 4 is 5.97 Å². The molecule has 0 bridgehead atoms. The number of benzene rings is 1. The van der Waals surface area contributed by atoms with Crippen LogP contribution in [0.1, 0.15) is 34.1 Å². The highest BCUT2D eigenvalue weighted by Crippen LogP contribution is 2.31. The van der Waals surface area contributed by atoms with Gasteiger partial charge in [-0.25, -0.2) is 4.79 Å². The molecular formula is C15H15F3N2O3. The monoisotopic (exact) mass is 328 g/mol. The van der Waals surface area contributed by atoms with Crippen molar-refractivity contribution in [3.8, 4) is 0 Å². The molecular weight excluding hydrogens is 313 g/mol. The van der Waals surface area contributed by atoms with Gasteiger partial charge in [0.15, 0.2) is 5.69 Å². The Labute approximate surface area is 130 Å². The van der Waals surface area contributed by atoms with Gasteiger partial charge in [0.2, 0.25) is 0 Å². The van der Waals surface area contributed by atoms with E-state index in [9.17, 15) is 18.0 Å². The molecule has 0 fully saturated rings. The summed E-state index contributed by atoms with van der Waals surface area (Å²) < 4.78 is 44.6. The maximum atomic E-state index is 13.0. The van der Waals surface area contributed by atoms with Crippen molar-refractivity contribution in [1.29, 1.82) is 0 Å². The molecule has 2 rings (SSSR count). The molecule has 124 valence electrons. The molecule has 8 heteroatoms. The van der Waals surface area contributed by atoms with Gasteiger partial charge in [0, 0.05) is 6.20 Å². The molecule has 0 unspecified atom stereocenters. The second-order valence-electron chi connectivity index (χ2n) is 4.78. The Morgan fingerprint density at radius 3 is 2.39 bits per heavy atom. The first-order valence-electron chi connectivity index (χ1n) is 6.85. The van der Waals surface area contributed by atoms with Crippen molar-refractivity contribution in [2.45, 2.75) is 26.3 Å². The Balaban J connectivity index is 2.30. The summed E-state index contributed by atoms with van der Waals surface area (Å²) in [4.78, 5) is 11.7. The first kappa shape index (κ1) is 17.0. The van der Waals surface area contributed by atoms with Gasteiger partial charge in [0.25, 0.3) is 0 Å². The summed E-state index contributed by atoms with van der Waals surface area (Å²) in [5.74, 6) is -1.05. The van der Waals surface area contributed by atoms with E-state index in [1.165, 1.54) is 6.92 Å². The Morgan fingerprint density at radius 1 is 1.26 bits per heavy atom. The molecule has 0 saturated heterocycles. The fourth-order valence-electron chi connectivity index (χ4n) is 2.01. The Morgan fingerprint density at radius 2 is 1.87 bits per heavy atom. The summed E-state index contributed by atoms with van der Waals surface area (Å²) in [6.07, 6.45) is -3.71. The maximum absolute atomic E-state index is 13.0. The first-order chi connectivity index (χ1) is 10.8. The van der Waals surface area contributed by atoms with Crippen molar-refractivity contribution in [2.75, 3.05) is 6.61 Å². The van der Waals surface area contributed by atoms with E-state index in [0.717, 1.165) is 10.9 Å². The average molecular weight is 328 g/mol. The van der Waals surface area contributed by atoms with Crippen LogP contribution in [0.5, 0.6) is 0 Å². The number of aliphatic hydroxyl groups excluding tert-OH is 1. The lowest BCUT2D eigenvalue weighted by Crippen LogP contribution is -2.14. The number of aliphatic hydroxyl groups is 1. The van der Waals surface area contributed by atoms with Crippen LogP contribution in [0.4, 0.5) is 13.2 Å². The molecule has 0 radical (unpaired) electrons. The number of rotatable bonds is 5. The van der Waals surface area contributed by atoms with Crippen LogP contribution in [-0.2, 0) is 24.1 Å². The highest BCUT2D eigenvalue weighted by Gasteiger charge is 2.39. The molecule has 1 aromatic carbocycles. The molecule has 5 nitrogen and oxygen atoms in total. The zero-order valence-electron chi connectivity index (χ0n) is 12.3. The van der Waals surface area contributed by atoms with Crippen molar-refractivity contribution in [3.63, 3.8) is 0 Å². The maximum Gasteiger partial charge on any atom is 0.436 e. The Hall–Kier alpha value is -2.35. The van der Waals surface area contributed by atoms with Gasteiger partial charge in [-0.2, -0.15) is 18.3 Å².